The van der Waals surface area contributed by atoms with Crippen LogP contribution in [0.25, 0.3) is 10.8 Å². The van der Waals surface area contributed by atoms with Gasteiger partial charge in [0.25, 0.3) is 5.91 Å². The van der Waals surface area contributed by atoms with Gasteiger partial charge in [0, 0.05) is 18.1 Å². The molecule has 132 valence electrons. The number of phenolic OH excluding ortho intramolecular Hbond substituents is 1. The lowest BCUT2D eigenvalue weighted by atomic mass is 10.0. The molecule has 1 amide bonds. The summed E-state index contributed by atoms with van der Waals surface area (Å²) < 4.78 is 0. The number of hydrogen-bond donors (Lipinski definition) is 2. The highest BCUT2D eigenvalue weighted by atomic mass is 16.3. The molecule has 0 aliphatic heterocycles. The fraction of sp³-hybridized carbons (Fsp3) is 0.200. The molecule has 26 heavy (non-hydrogen) atoms. The van der Waals surface area contributed by atoms with Crippen LogP contribution in [0.3, 0.4) is 0 Å². The summed E-state index contributed by atoms with van der Waals surface area (Å²) in [5, 5.41) is 23.3. The van der Waals surface area contributed by atoms with Crippen molar-refractivity contribution in [2.75, 3.05) is 6.54 Å². The average molecular weight is 348 g/mol. The highest BCUT2D eigenvalue weighted by Gasteiger charge is 2.18. The van der Waals surface area contributed by atoms with E-state index in [1.807, 2.05) is 24.3 Å². The van der Waals surface area contributed by atoms with E-state index in [0.717, 1.165) is 23.6 Å². The zero-order chi connectivity index (χ0) is 18.4. The van der Waals surface area contributed by atoms with E-state index in [4.69, 9.17) is 0 Å². The molecule has 0 saturated carbocycles. The molecule has 0 saturated heterocycles. The number of azo groups is 1. The number of hydrogen-bond acceptors (Lipinski definition) is 5. The molecule has 1 aromatic heterocycles. The van der Waals surface area contributed by atoms with E-state index in [2.05, 4.69) is 27.5 Å². The second-order valence-corrected chi connectivity index (χ2v) is 5.84. The molecule has 6 heteroatoms. The summed E-state index contributed by atoms with van der Waals surface area (Å²) in [6.07, 6.45) is 3.48. The van der Waals surface area contributed by atoms with Crippen LogP contribution in [0.5, 0.6) is 5.75 Å². The van der Waals surface area contributed by atoms with Crippen molar-refractivity contribution in [1.82, 2.24) is 10.3 Å². The number of phenols is 1. The maximum atomic E-state index is 12.5. The predicted octanol–water partition coefficient (Wildman–Crippen LogP) is 4.89. The molecular formula is C20H20N4O2. The van der Waals surface area contributed by atoms with Gasteiger partial charge in [-0.1, -0.05) is 43.7 Å². The molecule has 2 aromatic carbocycles. The van der Waals surface area contributed by atoms with Crippen LogP contribution in [0.2, 0.25) is 0 Å². The number of fused-ring (bicyclic) bond motifs is 1. The topological polar surface area (TPSA) is 86.9 Å². The molecule has 0 unspecified atom stereocenters. The maximum Gasteiger partial charge on any atom is 0.255 e. The molecule has 0 aliphatic rings. The molecule has 0 aliphatic carbocycles. The lowest BCUT2D eigenvalue weighted by Gasteiger charge is -2.10. The van der Waals surface area contributed by atoms with Crippen molar-refractivity contribution in [2.45, 2.75) is 19.8 Å². The molecule has 2 N–H and O–H groups in total. The fourth-order valence-electron chi connectivity index (χ4n) is 2.58. The number of pyridine rings is 1. The minimum Gasteiger partial charge on any atom is -0.505 e. The molecule has 3 aromatic rings. The van der Waals surface area contributed by atoms with E-state index in [0.29, 0.717) is 12.4 Å². The Morgan fingerprint density at radius 2 is 1.96 bits per heavy atom. The lowest BCUT2D eigenvalue weighted by Crippen LogP contribution is -2.24. The third kappa shape index (κ3) is 3.85. The summed E-state index contributed by atoms with van der Waals surface area (Å²) in [4.78, 5) is 16.5. The van der Waals surface area contributed by atoms with Gasteiger partial charge < -0.3 is 10.4 Å². The summed E-state index contributed by atoms with van der Waals surface area (Å²) in [6, 6.07) is 14.4. The van der Waals surface area contributed by atoms with Crippen molar-refractivity contribution in [3.63, 3.8) is 0 Å². The minimum absolute atomic E-state index is 0.183. The molecule has 6 nitrogen and oxygen atoms in total. The van der Waals surface area contributed by atoms with Gasteiger partial charge in [-0.3, -0.25) is 4.79 Å². The number of aromatic hydroxyl groups is 1. The van der Waals surface area contributed by atoms with E-state index < -0.39 is 0 Å². The quantitative estimate of drug-likeness (QED) is 0.491. The second-order valence-electron chi connectivity index (χ2n) is 5.84. The number of nitrogens with one attached hydrogen (secondary N) is 1. The Bertz CT molecular complexity index is 939. The molecular weight excluding hydrogens is 328 g/mol. The largest absolute Gasteiger partial charge is 0.505 e. The van der Waals surface area contributed by atoms with Gasteiger partial charge in [-0.2, -0.15) is 0 Å². The predicted molar refractivity (Wildman–Crippen MR) is 101 cm³/mol. The number of carbonyl (C=O) groups is 1. The Morgan fingerprint density at radius 3 is 2.73 bits per heavy atom. The lowest BCUT2D eigenvalue weighted by molar-refractivity contribution is 0.0950. The highest BCUT2D eigenvalue weighted by Crippen LogP contribution is 2.39. The Hall–Kier alpha value is -3.28. The van der Waals surface area contributed by atoms with Crippen molar-refractivity contribution in [2.24, 2.45) is 10.2 Å². The Labute approximate surface area is 151 Å². The second kappa shape index (κ2) is 8.20. The molecule has 3 rings (SSSR count). The first-order valence-corrected chi connectivity index (χ1v) is 8.56. The van der Waals surface area contributed by atoms with Gasteiger partial charge in [0.15, 0.2) is 11.6 Å². The Balaban J connectivity index is 2.04. The van der Waals surface area contributed by atoms with Crippen molar-refractivity contribution in [3.05, 3.63) is 60.3 Å². The molecule has 0 spiro atoms. The number of rotatable bonds is 6. The molecule has 1 heterocycles. The SMILES string of the molecule is CCCCNC(=O)c1cc2ccccc2c(N=Nc2ccccn2)c1O. The first kappa shape index (κ1) is 17.5. The minimum atomic E-state index is -0.323. The highest BCUT2D eigenvalue weighted by molar-refractivity contribution is 6.06. The maximum absolute atomic E-state index is 12.5. The van der Waals surface area contributed by atoms with Crippen molar-refractivity contribution in [3.8, 4) is 5.75 Å². The summed E-state index contributed by atoms with van der Waals surface area (Å²) in [7, 11) is 0. The first-order chi connectivity index (χ1) is 12.7. The monoisotopic (exact) mass is 348 g/mol. The number of aromatic nitrogens is 1. The van der Waals surface area contributed by atoms with E-state index in [1.54, 1.807) is 30.5 Å². The van der Waals surface area contributed by atoms with Crippen LogP contribution in [-0.2, 0) is 0 Å². The van der Waals surface area contributed by atoms with Crippen LogP contribution in [0.1, 0.15) is 30.1 Å². The normalized spacial score (nSPS) is 11.1. The van der Waals surface area contributed by atoms with E-state index in [9.17, 15) is 9.90 Å². The van der Waals surface area contributed by atoms with Gasteiger partial charge in [-0.05, 0) is 30.0 Å². The summed E-state index contributed by atoms with van der Waals surface area (Å²) in [5.41, 5.74) is 0.448. The molecule has 0 radical (unpaired) electrons. The van der Waals surface area contributed by atoms with Crippen LogP contribution in [-0.4, -0.2) is 22.5 Å². The smallest absolute Gasteiger partial charge is 0.255 e. The summed E-state index contributed by atoms with van der Waals surface area (Å²) in [5.74, 6) is -0.0813. The fourth-order valence-corrected chi connectivity index (χ4v) is 2.58. The summed E-state index contributed by atoms with van der Waals surface area (Å²) >= 11 is 0. The van der Waals surface area contributed by atoms with Gasteiger partial charge in [0.05, 0.1) is 5.56 Å². The van der Waals surface area contributed by atoms with Crippen LogP contribution in [0, 0.1) is 0 Å². The third-order valence-corrected chi connectivity index (χ3v) is 3.96. The zero-order valence-corrected chi connectivity index (χ0v) is 14.5. The van der Waals surface area contributed by atoms with Crippen molar-refractivity contribution >= 4 is 28.2 Å². The van der Waals surface area contributed by atoms with Gasteiger partial charge in [0.2, 0.25) is 0 Å². The molecule has 0 atom stereocenters. The van der Waals surface area contributed by atoms with Crippen LogP contribution in [0.4, 0.5) is 11.5 Å². The Morgan fingerprint density at radius 1 is 1.15 bits per heavy atom. The van der Waals surface area contributed by atoms with Gasteiger partial charge in [0.1, 0.15) is 5.69 Å². The van der Waals surface area contributed by atoms with Gasteiger partial charge >= 0.3 is 0 Å². The number of carbonyl (C=O) groups excluding carboxylic acids is 1. The summed E-state index contributed by atoms with van der Waals surface area (Å²) in [6.45, 7) is 2.61. The third-order valence-electron chi connectivity index (χ3n) is 3.96. The van der Waals surface area contributed by atoms with Gasteiger partial charge in [-0.25, -0.2) is 4.98 Å². The standard InChI is InChI=1S/C20H20N4O2/c1-2-3-11-22-20(26)16-13-14-8-4-5-9-15(14)18(19(16)25)24-23-17-10-6-7-12-21-17/h4-10,12-13,25H,2-3,11H2,1H3,(H,22,26). The number of amides is 1. The first-order valence-electron chi connectivity index (χ1n) is 8.56. The van der Waals surface area contributed by atoms with Gasteiger partial charge in [-0.15, -0.1) is 10.2 Å². The zero-order valence-electron chi connectivity index (χ0n) is 14.5. The van der Waals surface area contributed by atoms with E-state index in [1.165, 1.54) is 0 Å². The molecule has 0 fully saturated rings. The van der Waals surface area contributed by atoms with Crippen LogP contribution >= 0.6 is 0 Å². The van der Waals surface area contributed by atoms with Crippen molar-refractivity contribution in [1.29, 1.82) is 0 Å². The van der Waals surface area contributed by atoms with Crippen LogP contribution < -0.4 is 5.32 Å². The van der Waals surface area contributed by atoms with E-state index >= 15 is 0 Å². The molecule has 0 bridgehead atoms. The Kier molecular flexibility index (Phi) is 5.53. The number of unbranched alkanes of at least 4 members (excludes halogenated alkanes) is 1. The number of nitrogens with zero attached hydrogens (tertiary/aromatic N) is 3. The number of benzene rings is 2. The van der Waals surface area contributed by atoms with E-state index in [-0.39, 0.29) is 22.9 Å². The average Bonchev–Trinajstić information content (AvgIpc) is 2.68. The van der Waals surface area contributed by atoms with Crippen molar-refractivity contribution < 1.29 is 9.90 Å². The van der Waals surface area contributed by atoms with Crippen LogP contribution in [0.15, 0.2) is 65.0 Å².